The third kappa shape index (κ3) is 4.51. The molecule has 1 aromatic rings. The highest BCUT2D eigenvalue weighted by Gasteiger charge is 2.20. The van der Waals surface area contributed by atoms with E-state index in [9.17, 15) is 0 Å². The summed E-state index contributed by atoms with van der Waals surface area (Å²) in [5, 5.41) is 3.45. The molecule has 7 heteroatoms. The van der Waals surface area contributed by atoms with Gasteiger partial charge in [-0.1, -0.05) is 0 Å². The minimum Gasteiger partial charge on any atom is -0.491 e. The van der Waals surface area contributed by atoms with Gasteiger partial charge >= 0.3 is 0 Å². The fourth-order valence-electron chi connectivity index (χ4n) is 2.83. The molecule has 134 valence electrons. The van der Waals surface area contributed by atoms with E-state index in [1.807, 2.05) is 12.1 Å². The second kappa shape index (κ2) is 8.53. The number of rotatable bonds is 8. The van der Waals surface area contributed by atoms with Gasteiger partial charge in [-0.3, -0.25) is 0 Å². The summed E-state index contributed by atoms with van der Waals surface area (Å²) in [6.07, 6.45) is 0.218. The number of hydrogen-bond donors (Lipinski definition) is 1. The molecule has 24 heavy (non-hydrogen) atoms. The molecular weight excluding hydrogens is 312 g/mol. The molecule has 3 rings (SSSR count). The van der Waals surface area contributed by atoms with Crippen molar-refractivity contribution in [3.8, 4) is 17.2 Å². The smallest absolute Gasteiger partial charge is 0.231 e. The Kier molecular flexibility index (Phi) is 6.14. The maximum Gasteiger partial charge on any atom is 0.231 e. The van der Waals surface area contributed by atoms with Crippen molar-refractivity contribution >= 4 is 0 Å². The maximum absolute atomic E-state index is 5.82. The molecule has 0 unspecified atom stereocenters. The first kappa shape index (κ1) is 17.3. The summed E-state index contributed by atoms with van der Waals surface area (Å²) < 4.78 is 27.5. The Labute approximate surface area is 142 Å². The zero-order valence-corrected chi connectivity index (χ0v) is 14.4. The summed E-state index contributed by atoms with van der Waals surface area (Å²) in [6.45, 7) is 5.52. The van der Waals surface area contributed by atoms with Crippen molar-refractivity contribution in [1.29, 1.82) is 0 Å². The molecule has 0 aromatic heterocycles. The quantitative estimate of drug-likeness (QED) is 0.706. The largest absolute Gasteiger partial charge is 0.491 e. The number of methoxy groups -OCH3 is 1. The van der Waals surface area contributed by atoms with Crippen LogP contribution in [0.2, 0.25) is 0 Å². The lowest BCUT2D eigenvalue weighted by Gasteiger charge is -2.30. The van der Waals surface area contributed by atoms with Gasteiger partial charge in [0.1, 0.15) is 12.4 Å². The van der Waals surface area contributed by atoms with Gasteiger partial charge in [0.15, 0.2) is 11.5 Å². The van der Waals surface area contributed by atoms with Crippen LogP contribution >= 0.6 is 0 Å². The molecule has 2 heterocycles. The van der Waals surface area contributed by atoms with E-state index in [2.05, 4.69) is 17.3 Å². The van der Waals surface area contributed by atoms with Crippen molar-refractivity contribution < 1.29 is 23.7 Å². The second-order valence-electron chi connectivity index (χ2n) is 6.04. The molecule has 1 fully saturated rings. The standard InChI is InChI=1S/C17H26N2O5/c1-19-3-4-21-14(11-19)10-18-9-13-7-16-17(24-12-23-16)8-15(13)22-6-5-20-2/h7-8,14,18H,3-6,9-12H2,1-2H3/t14-/m0/s1. The van der Waals surface area contributed by atoms with Gasteiger partial charge in [0.2, 0.25) is 6.79 Å². The second-order valence-corrected chi connectivity index (χ2v) is 6.04. The summed E-state index contributed by atoms with van der Waals surface area (Å²) in [7, 11) is 3.78. The van der Waals surface area contributed by atoms with Crippen LogP contribution < -0.4 is 19.5 Å². The molecule has 1 N–H and O–H groups in total. The Bertz CT molecular complexity index is 540. The third-order valence-corrected chi connectivity index (χ3v) is 4.13. The van der Waals surface area contributed by atoms with Gasteiger partial charge in [-0.05, 0) is 13.1 Å². The Balaban J connectivity index is 1.58. The van der Waals surface area contributed by atoms with Crippen molar-refractivity contribution in [2.75, 3.05) is 60.4 Å². The molecule has 1 atom stereocenters. The van der Waals surface area contributed by atoms with E-state index < -0.39 is 0 Å². The molecule has 0 aliphatic carbocycles. The summed E-state index contributed by atoms with van der Waals surface area (Å²) >= 11 is 0. The number of hydrogen-bond acceptors (Lipinski definition) is 7. The van der Waals surface area contributed by atoms with Crippen molar-refractivity contribution in [2.45, 2.75) is 12.6 Å². The average molecular weight is 338 g/mol. The van der Waals surface area contributed by atoms with Crippen LogP contribution in [0.3, 0.4) is 0 Å². The molecule has 0 radical (unpaired) electrons. The minimum atomic E-state index is 0.218. The summed E-state index contributed by atoms with van der Waals surface area (Å²) in [5.74, 6) is 2.29. The summed E-state index contributed by atoms with van der Waals surface area (Å²) in [6, 6.07) is 3.87. The van der Waals surface area contributed by atoms with Crippen molar-refractivity contribution in [1.82, 2.24) is 10.2 Å². The van der Waals surface area contributed by atoms with Gasteiger partial charge in [0.05, 0.1) is 19.3 Å². The Morgan fingerprint density at radius 2 is 2.08 bits per heavy atom. The maximum atomic E-state index is 5.82. The number of morpholine rings is 1. The van der Waals surface area contributed by atoms with Crippen LogP contribution in [-0.2, 0) is 16.0 Å². The first-order valence-electron chi connectivity index (χ1n) is 8.31. The van der Waals surface area contributed by atoms with Crippen LogP contribution in [0.4, 0.5) is 0 Å². The van der Waals surface area contributed by atoms with E-state index in [1.165, 1.54) is 0 Å². The fourth-order valence-corrected chi connectivity index (χ4v) is 2.83. The monoisotopic (exact) mass is 338 g/mol. The third-order valence-electron chi connectivity index (χ3n) is 4.13. The molecular formula is C17H26N2O5. The minimum absolute atomic E-state index is 0.218. The molecule has 1 aromatic carbocycles. The lowest BCUT2D eigenvalue weighted by Crippen LogP contribution is -2.44. The molecule has 0 saturated carbocycles. The summed E-state index contributed by atoms with van der Waals surface area (Å²) in [4.78, 5) is 2.29. The van der Waals surface area contributed by atoms with E-state index in [0.717, 1.165) is 49.1 Å². The zero-order valence-electron chi connectivity index (χ0n) is 14.4. The number of benzene rings is 1. The SMILES string of the molecule is COCCOc1cc2c(cc1CNC[C@H]1CN(C)CCO1)OCO2. The molecule has 0 bridgehead atoms. The predicted octanol–water partition coefficient (Wildman–Crippen LogP) is 0.861. The molecule has 7 nitrogen and oxygen atoms in total. The van der Waals surface area contributed by atoms with Crippen molar-refractivity contribution in [3.05, 3.63) is 17.7 Å². The van der Waals surface area contributed by atoms with Gasteiger partial charge in [-0.25, -0.2) is 0 Å². The molecule has 1 saturated heterocycles. The van der Waals surface area contributed by atoms with E-state index in [4.69, 9.17) is 23.7 Å². The number of nitrogens with zero attached hydrogens (tertiary/aromatic N) is 1. The van der Waals surface area contributed by atoms with Gasteiger partial charge in [-0.15, -0.1) is 0 Å². The van der Waals surface area contributed by atoms with Crippen molar-refractivity contribution in [3.63, 3.8) is 0 Å². The molecule has 0 amide bonds. The van der Waals surface area contributed by atoms with Crippen LogP contribution in [0, 0.1) is 0 Å². The van der Waals surface area contributed by atoms with E-state index in [-0.39, 0.29) is 12.9 Å². The average Bonchev–Trinajstić information content (AvgIpc) is 3.02. The molecule has 2 aliphatic rings. The predicted molar refractivity (Wildman–Crippen MR) is 88.9 cm³/mol. The van der Waals surface area contributed by atoms with Crippen LogP contribution in [-0.4, -0.2) is 71.4 Å². The van der Waals surface area contributed by atoms with Gasteiger partial charge in [-0.2, -0.15) is 0 Å². The fraction of sp³-hybridized carbons (Fsp3) is 0.647. The normalized spacial score (nSPS) is 20.3. The highest BCUT2D eigenvalue weighted by atomic mass is 16.7. The van der Waals surface area contributed by atoms with E-state index >= 15 is 0 Å². The van der Waals surface area contributed by atoms with Crippen LogP contribution in [0.5, 0.6) is 17.2 Å². The van der Waals surface area contributed by atoms with Crippen LogP contribution in [0.25, 0.3) is 0 Å². The first-order valence-corrected chi connectivity index (χ1v) is 8.31. The first-order chi connectivity index (χ1) is 11.8. The van der Waals surface area contributed by atoms with Gasteiger partial charge in [0, 0.05) is 44.9 Å². The van der Waals surface area contributed by atoms with E-state index in [1.54, 1.807) is 7.11 Å². The highest BCUT2D eigenvalue weighted by Crippen LogP contribution is 2.38. The number of nitrogens with one attached hydrogen (secondary N) is 1. The number of likely N-dealkylation sites (N-methyl/N-ethyl adjacent to an activating group) is 1. The zero-order chi connectivity index (χ0) is 16.8. The topological polar surface area (TPSA) is 61.4 Å². The Morgan fingerprint density at radius 1 is 1.25 bits per heavy atom. The van der Waals surface area contributed by atoms with Crippen molar-refractivity contribution in [2.24, 2.45) is 0 Å². The Morgan fingerprint density at radius 3 is 2.88 bits per heavy atom. The highest BCUT2D eigenvalue weighted by molar-refractivity contribution is 5.51. The Hall–Kier alpha value is -1.54. The number of fused-ring (bicyclic) bond motifs is 1. The molecule has 2 aliphatic heterocycles. The van der Waals surface area contributed by atoms with E-state index in [0.29, 0.717) is 19.8 Å². The summed E-state index contributed by atoms with van der Waals surface area (Å²) in [5.41, 5.74) is 1.04. The molecule has 0 spiro atoms. The van der Waals surface area contributed by atoms with Gasteiger partial charge in [0.25, 0.3) is 0 Å². The van der Waals surface area contributed by atoms with Gasteiger partial charge < -0.3 is 33.9 Å². The lowest BCUT2D eigenvalue weighted by atomic mass is 10.1. The number of ether oxygens (including phenoxy) is 5. The lowest BCUT2D eigenvalue weighted by molar-refractivity contribution is -0.0182. The van der Waals surface area contributed by atoms with Crippen LogP contribution in [0.1, 0.15) is 5.56 Å². The van der Waals surface area contributed by atoms with Crippen LogP contribution in [0.15, 0.2) is 12.1 Å².